The van der Waals surface area contributed by atoms with Gasteiger partial charge in [0.15, 0.2) is 0 Å². The predicted octanol–water partition coefficient (Wildman–Crippen LogP) is 0.919. The van der Waals surface area contributed by atoms with Crippen molar-refractivity contribution in [3.63, 3.8) is 0 Å². The fraction of sp³-hybridized carbons (Fsp3) is 0.174. The van der Waals surface area contributed by atoms with Crippen molar-refractivity contribution in [2.75, 3.05) is 31.6 Å². The molecule has 1 aromatic carbocycles. The van der Waals surface area contributed by atoms with E-state index in [0.717, 1.165) is 0 Å². The molecule has 5 N–H and O–H groups in total. The third-order valence-electron chi connectivity index (χ3n) is 4.70. The van der Waals surface area contributed by atoms with Crippen molar-refractivity contribution in [1.29, 1.82) is 0 Å². The van der Waals surface area contributed by atoms with Crippen LogP contribution in [0.3, 0.4) is 0 Å². The third-order valence-corrected chi connectivity index (χ3v) is 5.63. The number of carbonyl (C=O) groups is 2. The lowest BCUT2D eigenvalue weighted by Gasteiger charge is -2.08. The van der Waals surface area contributed by atoms with Crippen molar-refractivity contribution < 1.29 is 22.6 Å². The molecule has 0 aliphatic rings. The molecule has 0 radical (unpaired) electrons. The highest BCUT2D eigenvalue weighted by Gasteiger charge is 2.13. The largest absolute Gasteiger partial charge is 0.351 e. The molecule has 0 aliphatic carbocycles. The SMILES string of the molecule is O=C(NCCNCCNC(=O)c1ccc(NN=Cc2ccccc2S(=O)(=O)O)nc1)c1cccnc1. The van der Waals surface area contributed by atoms with Gasteiger partial charge < -0.3 is 16.0 Å². The zero-order valence-electron chi connectivity index (χ0n) is 19.1. The Morgan fingerprint density at radius 1 is 0.889 bits per heavy atom. The zero-order chi connectivity index (χ0) is 25.8. The molecule has 13 heteroatoms. The zero-order valence-corrected chi connectivity index (χ0v) is 19.9. The summed E-state index contributed by atoms with van der Waals surface area (Å²) in [5, 5.41) is 12.6. The van der Waals surface area contributed by atoms with Crippen molar-refractivity contribution >= 4 is 34.0 Å². The Bertz CT molecular complexity index is 1300. The monoisotopic (exact) mass is 511 g/mol. The van der Waals surface area contributed by atoms with Crippen molar-refractivity contribution in [2.45, 2.75) is 4.90 Å². The fourth-order valence-electron chi connectivity index (χ4n) is 2.94. The molecule has 0 aliphatic heterocycles. The standard InChI is InChI=1S/C23H25N7O5S/c31-22(18-5-3-9-25-14-18)26-12-10-24-11-13-27-23(32)19-7-8-21(28-15-19)30-29-16-17-4-1-2-6-20(17)36(33,34)35/h1-9,14-16,24H,10-13H2,(H,26,31)(H,27,32)(H,28,30)(H,33,34,35). The quantitative estimate of drug-likeness (QED) is 0.102. The van der Waals surface area contributed by atoms with E-state index in [1.807, 2.05) is 0 Å². The molecule has 0 spiro atoms. The van der Waals surface area contributed by atoms with E-state index in [1.165, 1.54) is 36.8 Å². The summed E-state index contributed by atoms with van der Waals surface area (Å²) in [4.78, 5) is 31.9. The molecule has 3 aromatic rings. The molecule has 0 fully saturated rings. The van der Waals surface area contributed by atoms with E-state index >= 15 is 0 Å². The number of hydrogen-bond donors (Lipinski definition) is 5. The Morgan fingerprint density at radius 2 is 1.58 bits per heavy atom. The first-order valence-corrected chi connectivity index (χ1v) is 12.3. The number of benzene rings is 1. The van der Waals surface area contributed by atoms with Gasteiger partial charge in [0.05, 0.1) is 17.3 Å². The summed E-state index contributed by atoms with van der Waals surface area (Å²) in [5.74, 6) is -0.161. The van der Waals surface area contributed by atoms with Crippen LogP contribution in [0, 0.1) is 0 Å². The normalized spacial score (nSPS) is 11.2. The van der Waals surface area contributed by atoms with Crippen LogP contribution in [0.1, 0.15) is 26.3 Å². The predicted molar refractivity (Wildman–Crippen MR) is 133 cm³/mol. The topological polar surface area (TPSA) is 175 Å². The van der Waals surface area contributed by atoms with E-state index in [0.29, 0.717) is 43.1 Å². The molecule has 2 heterocycles. The summed E-state index contributed by atoms with van der Waals surface area (Å²) in [6.45, 7) is 1.87. The summed E-state index contributed by atoms with van der Waals surface area (Å²) < 4.78 is 32.1. The van der Waals surface area contributed by atoms with E-state index in [4.69, 9.17) is 0 Å². The summed E-state index contributed by atoms with van der Waals surface area (Å²) >= 11 is 0. The van der Waals surface area contributed by atoms with Gasteiger partial charge in [-0.25, -0.2) is 4.98 Å². The van der Waals surface area contributed by atoms with Crippen molar-refractivity contribution in [2.24, 2.45) is 5.10 Å². The number of nitrogens with one attached hydrogen (secondary N) is 4. The van der Waals surface area contributed by atoms with Crippen LogP contribution in [0.25, 0.3) is 0 Å². The van der Waals surface area contributed by atoms with Gasteiger partial charge >= 0.3 is 0 Å². The van der Waals surface area contributed by atoms with Crippen LogP contribution in [0.2, 0.25) is 0 Å². The number of aromatic nitrogens is 2. The Labute approximate surface area is 208 Å². The number of amides is 2. The Hall–Kier alpha value is -4.20. The van der Waals surface area contributed by atoms with Gasteiger partial charge in [-0.05, 0) is 30.3 Å². The molecule has 2 amide bonds. The Balaban J connectivity index is 1.35. The Kier molecular flexibility index (Phi) is 9.56. The van der Waals surface area contributed by atoms with Crippen LogP contribution in [0.15, 0.2) is 77.1 Å². The molecular weight excluding hydrogens is 486 g/mol. The second-order valence-electron chi connectivity index (χ2n) is 7.32. The van der Waals surface area contributed by atoms with Crippen molar-refractivity contribution in [3.05, 3.63) is 83.8 Å². The third kappa shape index (κ3) is 8.23. The number of nitrogens with zero attached hydrogens (tertiary/aromatic N) is 3. The molecule has 0 saturated carbocycles. The van der Waals surface area contributed by atoms with Gasteiger partial charge in [0.2, 0.25) is 0 Å². The number of hydrogen-bond acceptors (Lipinski definition) is 9. The van der Waals surface area contributed by atoms with Crippen LogP contribution in [-0.2, 0) is 10.1 Å². The molecule has 12 nitrogen and oxygen atoms in total. The molecule has 0 bridgehead atoms. The Morgan fingerprint density at radius 3 is 2.19 bits per heavy atom. The maximum atomic E-state index is 12.2. The highest BCUT2D eigenvalue weighted by atomic mass is 32.2. The van der Waals surface area contributed by atoms with Gasteiger partial charge in [-0.2, -0.15) is 13.5 Å². The molecule has 0 unspecified atom stereocenters. The van der Waals surface area contributed by atoms with Crippen LogP contribution in [-0.4, -0.2) is 67.1 Å². The molecule has 188 valence electrons. The number of pyridine rings is 2. The van der Waals surface area contributed by atoms with Gasteiger partial charge in [0.1, 0.15) is 10.7 Å². The van der Waals surface area contributed by atoms with Crippen molar-refractivity contribution in [1.82, 2.24) is 25.9 Å². The summed E-state index contributed by atoms with van der Waals surface area (Å²) in [6.07, 6.45) is 5.71. The number of carbonyl (C=O) groups excluding carboxylic acids is 2. The smallest absolute Gasteiger partial charge is 0.295 e. The lowest BCUT2D eigenvalue weighted by atomic mass is 10.2. The average molecular weight is 512 g/mol. The van der Waals surface area contributed by atoms with E-state index in [-0.39, 0.29) is 22.3 Å². The molecule has 36 heavy (non-hydrogen) atoms. The highest BCUT2D eigenvalue weighted by molar-refractivity contribution is 7.86. The first-order chi connectivity index (χ1) is 17.3. The van der Waals surface area contributed by atoms with Crippen LogP contribution >= 0.6 is 0 Å². The molecule has 2 aromatic heterocycles. The number of anilines is 1. The average Bonchev–Trinajstić information content (AvgIpc) is 2.88. The summed E-state index contributed by atoms with van der Waals surface area (Å²) in [5.41, 5.74) is 3.68. The number of rotatable bonds is 12. The molecule has 0 atom stereocenters. The van der Waals surface area contributed by atoms with Gasteiger partial charge in [-0.15, -0.1) is 0 Å². The maximum Gasteiger partial charge on any atom is 0.295 e. The van der Waals surface area contributed by atoms with Crippen LogP contribution < -0.4 is 21.4 Å². The molecule has 3 rings (SSSR count). The van der Waals surface area contributed by atoms with Crippen LogP contribution in [0.4, 0.5) is 5.82 Å². The van der Waals surface area contributed by atoms with Gasteiger partial charge in [0, 0.05) is 50.3 Å². The van der Waals surface area contributed by atoms with Crippen molar-refractivity contribution in [3.8, 4) is 0 Å². The fourth-order valence-corrected chi connectivity index (χ4v) is 3.61. The van der Waals surface area contributed by atoms with Gasteiger partial charge in [0.25, 0.3) is 21.9 Å². The van der Waals surface area contributed by atoms with Gasteiger partial charge in [-0.1, -0.05) is 18.2 Å². The van der Waals surface area contributed by atoms with E-state index in [1.54, 1.807) is 36.5 Å². The van der Waals surface area contributed by atoms with E-state index < -0.39 is 10.1 Å². The molecule has 0 saturated heterocycles. The molecular formula is C23H25N7O5S. The highest BCUT2D eigenvalue weighted by Crippen LogP contribution is 2.13. The minimum Gasteiger partial charge on any atom is -0.351 e. The first kappa shape index (κ1) is 26.4. The number of hydrazone groups is 1. The maximum absolute atomic E-state index is 12.2. The van der Waals surface area contributed by atoms with Gasteiger partial charge in [-0.3, -0.25) is 24.6 Å². The lowest BCUT2D eigenvalue weighted by Crippen LogP contribution is -2.36. The first-order valence-electron chi connectivity index (χ1n) is 10.8. The second-order valence-corrected chi connectivity index (χ2v) is 8.71. The van der Waals surface area contributed by atoms with E-state index in [9.17, 15) is 22.6 Å². The minimum atomic E-state index is -4.37. The minimum absolute atomic E-state index is 0.197. The second kappa shape index (κ2) is 13.0. The van der Waals surface area contributed by atoms with E-state index in [2.05, 4.69) is 36.4 Å². The lowest BCUT2D eigenvalue weighted by molar-refractivity contribution is 0.0948. The summed E-state index contributed by atoms with van der Waals surface area (Å²) in [7, 11) is -4.37. The van der Waals surface area contributed by atoms with Crippen LogP contribution in [0.5, 0.6) is 0 Å². The summed E-state index contributed by atoms with van der Waals surface area (Å²) in [6, 6.07) is 12.3.